The predicted octanol–water partition coefficient (Wildman–Crippen LogP) is 3.81. The van der Waals surface area contributed by atoms with Gasteiger partial charge in [-0.05, 0) is 30.3 Å². The molecule has 0 bridgehead atoms. The SMILES string of the molecule is Nc1cc(Br)cc(C(=O)c2cccc3ncccc23)c1. The number of carbonyl (C=O) groups excluding carboxylic acids is 1. The summed E-state index contributed by atoms with van der Waals surface area (Å²) < 4.78 is 0.791. The van der Waals surface area contributed by atoms with Gasteiger partial charge in [0.1, 0.15) is 0 Å². The average Bonchev–Trinajstić information content (AvgIpc) is 2.45. The summed E-state index contributed by atoms with van der Waals surface area (Å²) in [5.41, 5.74) is 8.35. The van der Waals surface area contributed by atoms with Gasteiger partial charge < -0.3 is 5.73 Å². The second-order valence-corrected chi connectivity index (χ2v) is 5.39. The summed E-state index contributed by atoms with van der Waals surface area (Å²) in [5, 5.41) is 0.846. The molecule has 0 fully saturated rings. The lowest BCUT2D eigenvalue weighted by Gasteiger charge is -2.06. The van der Waals surface area contributed by atoms with E-state index in [9.17, 15) is 4.79 Å². The fourth-order valence-electron chi connectivity index (χ4n) is 2.20. The van der Waals surface area contributed by atoms with E-state index in [-0.39, 0.29) is 5.78 Å². The van der Waals surface area contributed by atoms with Gasteiger partial charge in [-0.3, -0.25) is 9.78 Å². The first kappa shape index (κ1) is 12.8. The smallest absolute Gasteiger partial charge is 0.193 e. The standard InChI is InChI=1S/C16H11BrN2O/c17-11-7-10(8-12(18)9-11)16(20)14-3-1-5-15-13(14)4-2-6-19-15/h1-9H,18H2. The van der Waals surface area contributed by atoms with Gasteiger partial charge in [-0.15, -0.1) is 0 Å². The number of anilines is 1. The maximum atomic E-state index is 12.7. The maximum absolute atomic E-state index is 12.7. The fourth-order valence-corrected chi connectivity index (χ4v) is 2.71. The molecular weight excluding hydrogens is 316 g/mol. The van der Waals surface area contributed by atoms with Crippen LogP contribution in [0.3, 0.4) is 0 Å². The van der Waals surface area contributed by atoms with Gasteiger partial charge in [-0.2, -0.15) is 0 Å². The molecule has 3 aromatic rings. The monoisotopic (exact) mass is 326 g/mol. The van der Waals surface area contributed by atoms with Crippen molar-refractivity contribution in [2.75, 3.05) is 5.73 Å². The Morgan fingerprint density at radius 3 is 2.75 bits per heavy atom. The lowest BCUT2D eigenvalue weighted by molar-refractivity contribution is 0.104. The summed E-state index contributed by atoms with van der Waals surface area (Å²) in [5.74, 6) is -0.0587. The highest BCUT2D eigenvalue weighted by Crippen LogP contribution is 2.23. The highest BCUT2D eigenvalue weighted by molar-refractivity contribution is 9.10. The van der Waals surface area contributed by atoms with Crippen LogP contribution in [0.2, 0.25) is 0 Å². The lowest BCUT2D eigenvalue weighted by atomic mass is 9.99. The zero-order valence-electron chi connectivity index (χ0n) is 10.5. The number of fused-ring (bicyclic) bond motifs is 1. The summed E-state index contributed by atoms with van der Waals surface area (Å²) in [6.45, 7) is 0. The van der Waals surface area contributed by atoms with Crippen LogP contribution in [0.15, 0.2) is 59.2 Å². The van der Waals surface area contributed by atoms with Gasteiger partial charge in [-0.25, -0.2) is 0 Å². The Bertz CT molecular complexity index is 789. The summed E-state index contributed by atoms with van der Waals surface area (Å²) in [4.78, 5) is 16.9. The molecular formula is C16H11BrN2O. The van der Waals surface area contributed by atoms with E-state index in [1.807, 2.05) is 30.3 Å². The van der Waals surface area contributed by atoms with E-state index in [0.29, 0.717) is 16.8 Å². The first-order chi connectivity index (χ1) is 9.65. The zero-order valence-corrected chi connectivity index (χ0v) is 12.1. The van der Waals surface area contributed by atoms with E-state index >= 15 is 0 Å². The van der Waals surface area contributed by atoms with E-state index in [1.165, 1.54) is 0 Å². The Morgan fingerprint density at radius 1 is 1.10 bits per heavy atom. The molecule has 4 heteroatoms. The second kappa shape index (κ2) is 5.06. The van der Waals surface area contributed by atoms with Crippen molar-refractivity contribution in [3.05, 3.63) is 70.3 Å². The minimum Gasteiger partial charge on any atom is -0.399 e. The van der Waals surface area contributed by atoms with Crippen LogP contribution in [0.5, 0.6) is 0 Å². The van der Waals surface area contributed by atoms with Gasteiger partial charge in [0.25, 0.3) is 0 Å². The molecule has 0 saturated carbocycles. The normalized spacial score (nSPS) is 10.7. The number of aromatic nitrogens is 1. The minimum atomic E-state index is -0.0587. The number of hydrogen-bond acceptors (Lipinski definition) is 3. The van der Waals surface area contributed by atoms with Crippen LogP contribution in [-0.2, 0) is 0 Å². The van der Waals surface area contributed by atoms with E-state index in [2.05, 4.69) is 20.9 Å². The molecule has 98 valence electrons. The average molecular weight is 327 g/mol. The molecule has 20 heavy (non-hydrogen) atoms. The topological polar surface area (TPSA) is 56.0 Å². The van der Waals surface area contributed by atoms with E-state index in [1.54, 1.807) is 24.4 Å². The Balaban J connectivity index is 2.17. The van der Waals surface area contributed by atoms with Crippen LogP contribution in [0.25, 0.3) is 10.9 Å². The number of halogens is 1. The highest BCUT2D eigenvalue weighted by Gasteiger charge is 2.13. The van der Waals surface area contributed by atoms with Crippen molar-refractivity contribution in [3.8, 4) is 0 Å². The van der Waals surface area contributed by atoms with Crippen molar-refractivity contribution in [2.24, 2.45) is 0 Å². The van der Waals surface area contributed by atoms with Crippen molar-refractivity contribution in [1.29, 1.82) is 0 Å². The van der Waals surface area contributed by atoms with E-state index < -0.39 is 0 Å². The largest absolute Gasteiger partial charge is 0.399 e. The van der Waals surface area contributed by atoms with Crippen LogP contribution in [0.4, 0.5) is 5.69 Å². The Morgan fingerprint density at radius 2 is 1.95 bits per heavy atom. The van der Waals surface area contributed by atoms with Crippen molar-refractivity contribution >= 4 is 38.3 Å². The number of benzene rings is 2. The first-order valence-corrected chi connectivity index (χ1v) is 6.89. The van der Waals surface area contributed by atoms with Gasteiger partial charge in [-0.1, -0.05) is 34.1 Å². The van der Waals surface area contributed by atoms with Crippen LogP contribution >= 0.6 is 15.9 Å². The third-order valence-corrected chi connectivity index (χ3v) is 3.53. The molecule has 2 N–H and O–H groups in total. The molecule has 0 amide bonds. The first-order valence-electron chi connectivity index (χ1n) is 6.09. The van der Waals surface area contributed by atoms with Crippen LogP contribution < -0.4 is 5.73 Å². The summed E-state index contributed by atoms with van der Waals surface area (Å²) >= 11 is 3.36. The number of nitrogens with zero attached hydrogens (tertiary/aromatic N) is 1. The van der Waals surface area contributed by atoms with Gasteiger partial charge in [0.05, 0.1) is 5.52 Å². The van der Waals surface area contributed by atoms with Gasteiger partial charge >= 0.3 is 0 Å². The summed E-state index contributed by atoms with van der Waals surface area (Å²) in [7, 11) is 0. The second-order valence-electron chi connectivity index (χ2n) is 4.48. The molecule has 0 aliphatic carbocycles. The van der Waals surface area contributed by atoms with E-state index in [4.69, 9.17) is 5.73 Å². The van der Waals surface area contributed by atoms with Crippen LogP contribution in [0, 0.1) is 0 Å². The quantitative estimate of drug-likeness (QED) is 0.575. The number of nitrogens with two attached hydrogens (primary N) is 1. The summed E-state index contributed by atoms with van der Waals surface area (Å²) in [6.07, 6.45) is 1.72. The molecule has 0 unspecified atom stereocenters. The van der Waals surface area contributed by atoms with Crippen LogP contribution in [0.1, 0.15) is 15.9 Å². The third kappa shape index (κ3) is 2.30. The number of pyridine rings is 1. The number of ketones is 1. The Hall–Kier alpha value is -2.20. The number of rotatable bonds is 2. The Labute approximate surface area is 124 Å². The Kier molecular flexibility index (Phi) is 3.24. The number of hydrogen-bond donors (Lipinski definition) is 1. The molecule has 0 aliphatic rings. The van der Waals surface area contributed by atoms with Crippen LogP contribution in [-0.4, -0.2) is 10.8 Å². The van der Waals surface area contributed by atoms with Gasteiger partial charge in [0, 0.05) is 32.9 Å². The highest BCUT2D eigenvalue weighted by atomic mass is 79.9. The van der Waals surface area contributed by atoms with E-state index in [0.717, 1.165) is 15.4 Å². The molecule has 0 atom stereocenters. The van der Waals surface area contributed by atoms with Crippen molar-refractivity contribution in [3.63, 3.8) is 0 Å². The van der Waals surface area contributed by atoms with Gasteiger partial charge in [0.15, 0.2) is 5.78 Å². The molecule has 0 saturated heterocycles. The predicted molar refractivity (Wildman–Crippen MR) is 83.7 cm³/mol. The molecule has 0 aliphatic heterocycles. The summed E-state index contributed by atoms with van der Waals surface area (Å²) in [6, 6.07) is 14.5. The molecule has 3 nitrogen and oxygen atoms in total. The molecule has 0 spiro atoms. The van der Waals surface area contributed by atoms with Crippen molar-refractivity contribution < 1.29 is 4.79 Å². The van der Waals surface area contributed by atoms with Crippen molar-refractivity contribution in [2.45, 2.75) is 0 Å². The molecule has 0 radical (unpaired) electrons. The molecule has 1 aromatic heterocycles. The number of carbonyl (C=O) groups is 1. The zero-order chi connectivity index (χ0) is 14.1. The van der Waals surface area contributed by atoms with Gasteiger partial charge in [0.2, 0.25) is 0 Å². The molecule has 2 aromatic carbocycles. The molecule has 3 rings (SSSR count). The number of nitrogen functional groups attached to an aromatic ring is 1. The fraction of sp³-hybridized carbons (Fsp3) is 0. The lowest BCUT2D eigenvalue weighted by Crippen LogP contribution is -2.03. The maximum Gasteiger partial charge on any atom is 0.193 e. The third-order valence-electron chi connectivity index (χ3n) is 3.07. The molecule has 1 heterocycles. The minimum absolute atomic E-state index is 0.0587. The van der Waals surface area contributed by atoms with Crippen molar-refractivity contribution in [1.82, 2.24) is 4.98 Å².